The number of carbonyl (C=O) groups is 3. The second-order valence-corrected chi connectivity index (χ2v) is 11.6. The fraction of sp³-hybridized carbons (Fsp3) is 0.294. The van der Waals surface area contributed by atoms with Crippen LogP contribution in [-0.4, -0.2) is 67.4 Å². The molecule has 4 N–H and O–H groups in total. The van der Waals surface area contributed by atoms with Crippen LogP contribution in [0.1, 0.15) is 53.9 Å². The van der Waals surface area contributed by atoms with Gasteiger partial charge in [0.05, 0.1) is 53.1 Å². The van der Waals surface area contributed by atoms with Crippen molar-refractivity contribution in [1.29, 1.82) is 0 Å². The van der Waals surface area contributed by atoms with Crippen molar-refractivity contribution in [2.24, 2.45) is 5.10 Å². The summed E-state index contributed by atoms with van der Waals surface area (Å²) in [7, 11) is 1.25. The maximum absolute atomic E-state index is 12.5. The highest BCUT2D eigenvalue weighted by Gasteiger charge is 2.32. The Bertz CT molecular complexity index is 1830. The number of nitro benzene ring substituents is 1. The van der Waals surface area contributed by atoms with Crippen LogP contribution in [0.4, 0.5) is 10.5 Å². The molecule has 1 aliphatic heterocycles. The highest BCUT2D eigenvalue weighted by molar-refractivity contribution is 9.10. The number of nitrogens with zero attached hydrogens (tertiary/aromatic N) is 2. The van der Waals surface area contributed by atoms with E-state index in [9.17, 15) is 29.6 Å². The summed E-state index contributed by atoms with van der Waals surface area (Å²) in [4.78, 5) is 47.8. The molecule has 0 aliphatic carbocycles. The lowest BCUT2D eigenvalue weighted by molar-refractivity contribution is -0.386. The van der Waals surface area contributed by atoms with Gasteiger partial charge in [-0.3, -0.25) is 15.5 Å². The lowest BCUT2D eigenvalue weighted by Gasteiger charge is -2.28. The second kappa shape index (κ2) is 17.8. The molecule has 0 saturated heterocycles. The third kappa shape index (κ3) is 9.95. The number of ether oxygens (including phenoxy) is 5. The number of esters is 2. The molecule has 0 aromatic heterocycles. The molecule has 0 spiro atoms. The molecule has 17 heteroatoms. The molecule has 4 rings (SSSR count). The topological polar surface area (TPSA) is 209 Å². The molecule has 270 valence electrons. The highest BCUT2D eigenvalue weighted by atomic mass is 79.9. The van der Waals surface area contributed by atoms with Crippen LogP contribution in [0.2, 0.25) is 0 Å². The molecule has 2 amide bonds. The second-order valence-electron chi connectivity index (χ2n) is 10.7. The van der Waals surface area contributed by atoms with Gasteiger partial charge >= 0.3 is 23.7 Å². The molecule has 0 unspecified atom stereocenters. The minimum absolute atomic E-state index is 0.000607. The highest BCUT2D eigenvalue weighted by Crippen LogP contribution is 2.37. The quantitative estimate of drug-likeness (QED) is 0.0517. The van der Waals surface area contributed by atoms with Gasteiger partial charge in [0.1, 0.15) is 13.2 Å². The van der Waals surface area contributed by atoms with E-state index in [-0.39, 0.29) is 49.2 Å². The number of carbonyl (C=O) groups excluding carboxylic acids is 3. The van der Waals surface area contributed by atoms with E-state index in [1.54, 1.807) is 69.3 Å². The smallest absolute Gasteiger partial charge is 0.338 e. The molecular weight excluding hydrogens is 734 g/mol. The molecule has 2 atom stereocenters. The van der Waals surface area contributed by atoms with E-state index in [2.05, 4.69) is 37.1 Å². The molecular formula is C34H36BrN5O11. The SMILES string of the molecule is CCOC(=O)c1ccc(COc2c(Br)cc(/C=N/N[C@@H](O)COc3ccc([C@@H]4NC(=O)NC(C)=C4C(=O)OC)cc3OCC)cc2[N+](=O)[O-])cc1. The van der Waals surface area contributed by atoms with Crippen molar-refractivity contribution in [2.75, 3.05) is 26.9 Å². The normalized spacial score (nSPS) is 14.6. The zero-order chi connectivity index (χ0) is 37.1. The fourth-order valence-corrected chi connectivity index (χ4v) is 5.46. The number of hydrogen-bond donors (Lipinski definition) is 4. The number of aliphatic hydroxyl groups excluding tert-OH is 1. The number of hydrazone groups is 1. The Morgan fingerprint density at radius 3 is 2.47 bits per heavy atom. The van der Waals surface area contributed by atoms with Crippen molar-refractivity contribution in [3.8, 4) is 17.2 Å². The molecule has 3 aromatic carbocycles. The van der Waals surface area contributed by atoms with E-state index in [0.717, 1.165) is 0 Å². The van der Waals surface area contributed by atoms with Crippen molar-refractivity contribution in [1.82, 2.24) is 16.1 Å². The number of allylic oxidation sites excluding steroid dienone is 1. The third-order valence-corrected chi connectivity index (χ3v) is 7.79. The van der Waals surface area contributed by atoms with Crippen LogP contribution >= 0.6 is 15.9 Å². The third-order valence-electron chi connectivity index (χ3n) is 7.20. The summed E-state index contributed by atoms with van der Waals surface area (Å²) in [5.74, 6) is -0.489. The molecule has 0 saturated carbocycles. The van der Waals surface area contributed by atoms with Gasteiger partial charge in [0.2, 0.25) is 5.75 Å². The standard InChI is InChI=1S/C34H36BrN5O11/c1-5-48-27-15-23(30-29(33(43)47-4)19(3)37-34(44)38-30)11-12-26(27)50-18-28(41)39-36-16-21-13-24(35)31(25(14-21)40(45)46)51-17-20-7-9-22(10-8-20)32(42)49-6-2/h7-16,28,30,39,41H,5-6,17-18H2,1-4H3,(H2,37,38,44)/b36-16+/t28-,30-/m0/s1. The van der Waals surface area contributed by atoms with E-state index in [4.69, 9.17) is 23.7 Å². The van der Waals surface area contributed by atoms with E-state index in [0.29, 0.717) is 38.2 Å². The zero-order valence-electron chi connectivity index (χ0n) is 28.1. The number of hydrogen-bond acceptors (Lipinski definition) is 13. The van der Waals surface area contributed by atoms with Gasteiger partial charge < -0.3 is 39.4 Å². The summed E-state index contributed by atoms with van der Waals surface area (Å²) < 4.78 is 27.4. The van der Waals surface area contributed by atoms with Gasteiger partial charge in [-0.1, -0.05) is 18.2 Å². The Kier molecular flexibility index (Phi) is 13.3. The predicted molar refractivity (Wildman–Crippen MR) is 186 cm³/mol. The first-order valence-electron chi connectivity index (χ1n) is 15.5. The number of benzene rings is 3. The molecule has 3 aromatic rings. The van der Waals surface area contributed by atoms with Gasteiger partial charge in [-0.25, -0.2) is 14.4 Å². The Balaban J connectivity index is 1.39. The minimum Gasteiger partial charge on any atom is -0.490 e. The fourth-order valence-electron chi connectivity index (χ4n) is 4.88. The van der Waals surface area contributed by atoms with Crippen LogP contribution < -0.4 is 30.3 Å². The average Bonchev–Trinajstić information content (AvgIpc) is 3.10. The Morgan fingerprint density at radius 2 is 1.80 bits per heavy atom. The van der Waals surface area contributed by atoms with Crippen LogP contribution in [-0.2, 0) is 20.9 Å². The molecule has 0 radical (unpaired) electrons. The van der Waals surface area contributed by atoms with E-state index < -0.39 is 35.2 Å². The number of aliphatic hydroxyl groups is 1. The lowest BCUT2D eigenvalue weighted by Crippen LogP contribution is -2.45. The van der Waals surface area contributed by atoms with E-state index >= 15 is 0 Å². The van der Waals surface area contributed by atoms with Gasteiger partial charge in [-0.2, -0.15) is 5.10 Å². The average molecular weight is 771 g/mol. The number of halogens is 1. The number of amides is 2. The molecule has 51 heavy (non-hydrogen) atoms. The van der Waals surface area contributed by atoms with Crippen molar-refractivity contribution < 1.29 is 48.1 Å². The molecule has 1 heterocycles. The van der Waals surface area contributed by atoms with Crippen LogP contribution in [0.25, 0.3) is 0 Å². The van der Waals surface area contributed by atoms with Crippen molar-refractivity contribution >= 4 is 45.8 Å². The van der Waals surface area contributed by atoms with Gasteiger partial charge in [-0.15, -0.1) is 0 Å². The first kappa shape index (κ1) is 38.1. The first-order chi connectivity index (χ1) is 24.4. The number of methoxy groups -OCH3 is 1. The van der Waals surface area contributed by atoms with Gasteiger partial charge in [0.15, 0.2) is 17.7 Å². The number of urea groups is 1. The maximum atomic E-state index is 12.5. The summed E-state index contributed by atoms with van der Waals surface area (Å²) in [6, 6.07) is 12.9. The summed E-state index contributed by atoms with van der Waals surface area (Å²) >= 11 is 3.33. The molecule has 16 nitrogen and oxygen atoms in total. The maximum Gasteiger partial charge on any atom is 0.338 e. The van der Waals surface area contributed by atoms with Crippen LogP contribution in [0.15, 0.2) is 75.4 Å². The lowest BCUT2D eigenvalue weighted by atomic mass is 9.95. The van der Waals surface area contributed by atoms with Gasteiger partial charge in [0.25, 0.3) is 0 Å². The summed E-state index contributed by atoms with van der Waals surface area (Å²) in [5, 5.41) is 31.6. The number of rotatable bonds is 16. The van der Waals surface area contributed by atoms with Crippen molar-refractivity contribution in [3.63, 3.8) is 0 Å². The van der Waals surface area contributed by atoms with Crippen LogP contribution in [0.5, 0.6) is 17.2 Å². The van der Waals surface area contributed by atoms with Crippen LogP contribution in [0, 0.1) is 10.1 Å². The minimum atomic E-state index is -1.30. The van der Waals surface area contributed by atoms with Gasteiger partial charge in [-0.05, 0) is 78.2 Å². The van der Waals surface area contributed by atoms with Crippen LogP contribution in [0.3, 0.4) is 0 Å². The van der Waals surface area contributed by atoms with Crippen molar-refractivity contribution in [2.45, 2.75) is 39.6 Å². The molecule has 0 fully saturated rings. The number of nitrogens with one attached hydrogen (secondary N) is 3. The first-order valence-corrected chi connectivity index (χ1v) is 16.3. The zero-order valence-corrected chi connectivity index (χ0v) is 29.6. The summed E-state index contributed by atoms with van der Waals surface area (Å²) in [6.07, 6.45) is -0.0204. The predicted octanol–water partition coefficient (Wildman–Crippen LogP) is 4.63. The summed E-state index contributed by atoms with van der Waals surface area (Å²) in [6.45, 7) is 5.33. The van der Waals surface area contributed by atoms with Crippen molar-refractivity contribution in [3.05, 3.63) is 103 Å². The Labute approximate surface area is 301 Å². The van der Waals surface area contributed by atoms with E-state index in [1.165, 1.54) is 19.4 Å². The molecule has 1 aliphatic rings. The Hall–Kier alpha value is -5.68. The monoisotopic (exact) mass is 769 g/mol. The Morgan fingerprint density at radius 1 is 1.06 bits per heavy atom. The van der Waals surface area contributed by atoms with Gasteiger partial charge in [0, 0.05) is 17.3 Å². The van der Waals surface area contributed by atoms with E-state index in [1.807, 2.05) is 0 Å². The summed E-state index contributed by atoms with van der Waals surface area (Å²) in [5.41, 5.74) is 4.67. The molecule has 0 bridgehead atoms. The number of nitro groups is 1. The largest absolute Gasteiger partial charge is 0.490 e.